The Morgan fingerprint density at radius 1 is 1.33 bits per heavy atom. The van der Waals surface area contributed by atoms with Crippen molar-refractivity contribution in [2.24, 2.45) is 11.8 Å². The van der Waals surface area contributed by atoms with Gasteiger partial charge in [-0.25, -0.2) is 0 Å². The maximum absolute atomic E-state index is 9.07. The molecular weight excluding hydrogens is 226 g/mol. The van der Waals surface area contributed by atoms with Crippen LogP contribution >= 0.6 is 0 Å². The Hall–Kier alpha value is -0.120. The van der Waals surface area contributed by atoms with Crippen molar-refractivity contribution in [3.63, 3.8) is 0 Å². The lowest BCUT2D eigenvalue weighted by molar-refractivity contribution is 0.132. The second-order valence-corrected chi connectivity index (χ2v) is 6.19. The fraction of sp³-hybridized carbons (Fsp3) is 1.00. The fourth-order valence-corrected chi connectivity index (χ4v) is 3.23. The molecule has 0 aromatic rings. The van der Waals surface area contributed by atoms with Crippen molar-refractivity contribution in [2.45, 2.75) is 64.5 Å². The Balaban J connectivity index is 2.35. The van der Waals surface area contributed by atoms with E-state index in [2.05, 4.69) is 19.2 Å². The van der Waals surface area contributed by atoms with E-state index in [1.54, 1.807) is 7.11 Å². The summed E-state index contributed by atoms with van der Waals surface area (Å²) in [7, 11) is 1.73. The highest BCUT2D eigenvalue weighted by Crippen LogP contribution is 2.29. The van der Waals surface area contributed by atoms with E-state index in [9.17, 15) is 0 Å². The standard InChI is InChI=1S/C15H31NO2/c1-12(2)9-13-5-4-6-14(10-13)16-15(7-8-17)11-18-3/h12-17H,4-11H2,1-3H3. The molecule has 1 saturated carbocycles. The molecule has 2 N–H and O–H groups in total. The molecule has 0 spiro atoms. The van der Waals surface area contributed by atoms with E-state index in [0.717, 1.165) is 18.3 Å². The van der Waals surface area contributed by atoms with Gasteiger partial charge in [0.1, 0.15) is 0 Å². The minimum Gasteiger partial charge on any atom is -0.396 e. The molecule has 0 aliphatic heterocycles. The lowest BCUT2D eigenvalue weighted by Crippen LogP contribution is -2.43. The highest BCUT2D eigenvalue weighted by atomic mass is 16.5. The smallest absolute Gasteiger partial charge is 0.0616 e. The zero-order valence-corrected chi connectivity index (χ0v) is 12.3. The van der Waals surface area contributed by atoms with Gasteiger partial charge in [-0.3, -0.25) is 0 Å². The number of aliphatic hydroxyl groups excluding tert-OH is 1. The first-order valence-electron chi connectivity index (χ1n) is 7.51. The van der Waals surface area contributed by atoms with Crippen molar-refractivity contribution in [1.82, 2.24) is 5.32 Å². The van der Waals surface area contributed by atoms with Crippen molar-refractivity contribution < 1.29 is 9.84 Å². The molecule has 0 aromatic heterocycles. The van der Waals surface area contributed by atoms with Gasteiger partial charge in [0.15, 0.2) is 0 Å². The zero-order valence-electron chi connectivity index (χ0n) is 12.3. The van der Waals surface area contributed by atoms with Crippen molar-refractivity contribution in [1.29, 1.82) is 0 Å². The molecule has 0 bridgehead atoms. The number of rotatable bonds is 8. The molecule has 1 aliphatic rings. The number of nitrogens with one attached hydrogen (secondary N) is 1. The molecule has 1 fully saturated rings. The molecule has 1 aliphatic carbocycles. The topological polar surface area (TPSA) is 41.5 Å². The molecule has 0 aromatic carbocycles. The van der Waals surface area contributed by atoms with Gasteiger partial charge >= 0.3 is 0 Å². The van der Waals surface area contributed by atoms with Gasteiger partial charge in [0, 0.05) is 25.8 Å². The molecule has 3 atom stereocenters. The summed E-state index contributed by atoms with van der Waals surface area (Å²) < 4.78 is 5.22. The predicted octanol–water partition coefficient (Wildman–Crippen LogP) is 2.58. The van der Waals surface area contributed by atoms with Crippen LogP contribution in [-0.2, 0) is 4.74 Å². The number of ether oxygens (including phenoxy) is 1. The second kappa shape index (κ2) is 8.89. The summed E-state index contributed by atoms with van der Waals surface area (Å²) in [6, 6.07) is 0.928. The van der Waals surface area contributed by atoms with Gasteiger partial charge in [0.25, 0.3) is 0 Å². The zero-order chi connectivity index (χ0) is 13.4. The van der Waals surface area contributed by atoms with Crippen molar-refractivity contribution in [3.05, 3.63) is 0 Å². The van der Waals surface area contributed by atoms with Crippen LogP contribution < -0.4 is 5.32 Å². The van der Waals surface area contributed by atoms with Crippen molar-refractivity contribution in [3.8, 4) is 0 Å². The van der Waals surface area contributed by atoms with Crippen LogP contribution in [0.25, 0.3) is 0 Å². The highest BCUT2D eigenvalue weighted by Gasteiger charge is 2.24. The first-order valence-corrected chi connectivity index (χ1v) is 7.51. The molecule has 18 heavy (non-hydrogen) atoms. The molecule has 3 heteroatoms. The Labute approximate surface area is 112 Å². The molecule has 0 heterocycles. The summed E-state index contributed by atoms with van der Waals surface area (Å²) in [5, 5.41) is 12.7. The molecule has 0 radical (unpaired) electrons. The number of aliphatic hydroxyl groups is 1. The van der Waals surface area contributed by atoms with E-state index < -0.39 is 0 Å². The Morgan fingerprint density at radius 3 is 2.72 bits per heavy atom. The SMILES string of the molecule is COCC(CCO)NC1CCCC(CC(C)C)C1. The van der Waals surface area contributed by atoms with Gasteiger partial charge in [-0.05, 0) is 37.5 Å². The Kier molecular flexibility index (Phi) is 7.87. The van der Waals surface area contributed by atoms with E-state index in [0.29, 0.717) is 18.7 Å². The first kappa shape index (κ1) is 15.9. The number of methoxy groups -OCH3 is 1. The summed E-state index contributed by atoms with van der Waals surface area (Å²) in [6.45, 7) is 5.57. The second-order valence-electron chi connectivity index (χ2n) is 6.19. The van der Waals surface area contributed by atoms with Gasteiger partial charge in [0.05, 0.1) is 6.61 Å². The van der Waals surface area contributed by atoms with Gasteiger partial charge in [-0.15, -0.1) is 0 Å². The van der Waals surface area contributed by atoms with Crippen LogP contribution in [0.15, 0.2) is 0 Å². The van der Waals surface area contributed by atoms with E-state index in [4.69, 9.17) is 9.84 Å². The minimum absolute atomic E-state index is 0.239. The minimum atomic E-state index is 0.239. The van der Waals surface area contributed by atoms with Crippen molar-refractivity contribution >= 4 is 0 Å². The highest BCUT2D eigenvalue weighted by molar-refractivity contribution is 4.81. The van der Waals surface area contributed by atoms with Gasteiger partial charge < -0.3 is 15.2 Å². The molecule has 0 amide bonds. The third-order valence-electron chi connectivity index (χ3n) is 3.90. The average Bonchev–Trinajstić information content (AvgIpc) is 2.29. The summed E-state index contributed by atoms with van der Waals surface area (Å²) in [4.78, 5) is 0. The maximum Gasteiger partial charge on any atom is 0.0616 e. The van der Waals surface area contributed by atoms with Gasteiger partial charge in [0.2, 0.25) is 0 Å². The third kappa shape index (κ3) is 6.17. The largest absolute Gasteiger partial charge is 0.396 e. The van der Waals surface area contributed by atoms with Crippen LogP contribution in [-0.4, -0.2) is 37.5 Å². The Bertz CT molecular complexity index is 203. The average molecular weight is 257 g/mol. The predicted molar refractivity (Wildman–Crippen MR) is 75.7 cm³/mol. The number of hydrogen-bond acceptors (Lipinski definition) is 3. The van der Waals surface area contributed by atoms with Crippen LogP contribution in [0.5, 0.6) is 0 Å². The van der Waals surface area contributed by atoms with Crippen LogP contribution in [0.1, 0.15) is 52.4 Å². The molecular formula is C15H31NO2. The fourth-order valence-electron chi connectivity index (χ4n) is 3.23. The quantitative estimate of drug-likeness (QED) is 0.702. The summed E-state index contributed by atoms with van der Waals surface area (Å²) in [5.74, 6) is 1.69. The monoisotopic (exact) mass is 257 g/mol. The summed E-state index contributed by atoms with van der Waals surface area (Å²) >= 11 is 0. The van der Waals surface area contributed by atoms with E-state index in [1.807, 2.05) is 0 Å². The van der Waals surface area contributed by atoms with Crippen LogP contribution in [0.3, 0.4) is 0 Å². The van der Waals surface area contributed by atoms with Gasteiger partial charge in [-0.1, -0.05) is 26.7 Å². The number of hydrogen-bond donors (Lipinski definition) is 2. The van der Waals surface area contributed by atoms with Crippen LogP contribution in [0.4, 0.5) is 0 Å². The van der Waals surface area contributed by atoms with Crippen LogP contribution in [0, 0.1) is 11.8 Å². The lowest BCUT2D eigenvalue weighted by atomic mass is 9.81. The van der Waals surface area contributed by atoms with E-state index in [1.165, 1.54) is 32.1 Å². The summed E-state index contributed by atoms with van der Waals surface area (Å²) in [5.41, 5.74) is 0. The molecule has 108 valence electrons. The molecule has 0 saturated heterocycles. The normalized spacial score (nSPS) is 26.5. The summed E-state index contributed by atoms with van der Waals surface area (Å²) in [6.07, 6.45) is 7.45. The third-order valence-corrected chi connectivity index (χ3v) is 3.90. The van der Waals surface area contributed by atoms with E-state index >= 15 is 0 Å². The van der Waals surface area contributed by atoms with Gasteiger partial charge in [-0.2, -0.15) is 0 Å². The molecule has 3 nitrogen and oxygen atoms in total. The van der Waals surface area contributed by atoms with Crippen molar-refractivity contribution in [2.75, 3.05) is 20.3 Å². The first-order chi connectivity index (χ1) is 8.65. The Morgan fingerprint density at radius 2 is 2.11 bits per heavy atom. The lowest BCUT2D eigenvalue weighted by Gasteiger charge is -2.33. The van der Waals surface area contributed by atoms with Crippen LogP contribution in [0.2, 0.25) is 0 Å². The maximum atomic E-state index is 9.07. The molecule has 1 rings (SSSR count). The molecule has 3 unspecified atom stereocenters. The van der Waals surface area contributed by atoms with E-state index in [-0.39, 0.29) is 6.61 Å².